The fourth-order valence-corrected chi connectivity index (χ4v) is 1.90. The summed E-state index contributed by atoms with van der Waals surface area (Å²) in [6.07, 6.45) is 2.60. The van der Waals surface area contributed by atoms with Crippen LogP contribution in [0.25, 0.3) is 0 Å². The summed E-state index contributed by atoms with van der Waals surface area (Å²) in [5.41, 5.74) is -0.166. The van der Waals surface area contributed by atoms with Crippen LogP contribution in [-0.2, 0) is 6.54 Å². The molecule has 1 aromatic carbocycles. The van der Waals surface area contributed by atoms with E-state index in [2.05, 4.69) is 20.9 Å². The number of nitrogens with zero attached hydrogens (tertiary/aromatic N) is 3. The van der Waals surface area contributed by atoms with Crippen molar-refractivity contribution in [2.75, 3.05) is 0 Å². The summed E-state index contributed by atoms with van der Waals surface area (Å²) in [5.74, 6) is -0.332. The second-order valence-electron chi connectivity index (χ2n) is 3.90. The van der Waals surface area contributed by atoms with E-state index in [9.17, 15) is 19.7 Å². The maximum Gasteiger partial charge on any atom is 0.269 e. The Labute approximate surface area is 121 Å². The minimum atomic E-state index is -0.545. The number of benzene rings is 1. The van der Waals surface area contributed by atoms with Gasteiger partial charge in [-0.3, -0.25) is 24.3 Å². The van der Waals surface area contributed by atoms with Crippen LogP contribution in [0.15, 0.2) is 46.1 Å². The van der Waals surface area contributed by atoms with Crippen LogP contribution in [0.2, 0.25) is 0 Å². The molecule has 0 aliphatic carbocycles. The SMILES string of the molecule is O=C(Cn1cncc(Br)c1=O)c1ccc([N+](=O)[O-])cc1. The molecule has 0 bridgehead atoms. The zero-order chi connectivity index (χ0) is 14.7. The van der Waals surface area contributed by atoms with Crippen molar-refractivity contribution in [3.8, 4) is 0 Å². The summed E-state index contributed by atoms with van der Waals surface area (Å²) in [4.78, 5) is 37.5. The van der Waals surface area contributed by atoms with Crippen molar-refractivity contribution in [3.05, 3.63) is 67.3 Å². The van der Waals surface area contributed by atoms with E-state index in [1.807, 2.05) is 0 Å². The summed E-state index contributed by atoms with van der Waals surface area (Å²) < 4.78 is 1.42. The van der Waals surface area contributed by atoms with Gasteiger partial charge in [-0.1, -0.05) is 0 Å². The molecule has 1 heterocycles. The normalized spacial score (nSPS) is 10.2. The highest BCUT2D eigenvalue weighted by molar-refractivity contribution is 9.10. The van der Waals surface area contributed by atoms with E-state index >= 15 is 0 Å². The van der Waals surface area contributed by atoms with Gasteiger partial charge in [0.05, 0.1) is 17.8 Å². The fraction of sp³-hybridized carbons (Fsp3) is 0.0833. The predicted octanol–water partition coefficient (Wildman–Crippen LogP) is 1.80. The lowest BCUT2D eigenvalue weighted by atomic mass is 10.1. The minimum Gasteiger partial charge on any atom is -0.292 e. The second-order valence-corrected chi connectivity index (χ2v) is 4.76. The van der Waals surface area contributed by atoms with Crippen molar-refractivity contribution >= 4 is 27.4 Å². The average Bonchev–Trinajstić information content (AvgIpc) is 2.44. The lowest BCUT2D eigenvalue weighted by Gasteiger charge is -2.04. The molecule has 0 aliphatic heterocycles. The highest BCUT2D eigenvalue weighted by atomic mass is 79.9. The first-order chi connectivity index (χ1) is 9.49. The molecule has 102 valence electrons. The molecule has 0 saturated carbocycles. The number of carbonyl (C=O) groups is 1. The van der Waals surface area contributed by atoms with E-state index < -0.39 is 4.92 Å². The van der Waals surface area contributed by atoms with Crippen LogP contribution in [0.5, 0.6) is 0 Å². The summed E-state index contributed by atoms with van der Waals surface area (Å²) in [6, 6.07) is 5.21. The lowest BCUT2D eigenvalue weighted by molar-refractivity contribution is -0.384. The van der Waals surface area contributed by atoms with Crippen molar-refractivity contribution in [1.82, 2.24) is 9.55 Å². The Hall–Kier alpha value is -2.35. The lowest BCUT2D eigenvalue weighted by Crippen LogP contribution is -2.24. The number of hydrogen-bond acceptors (Lipinski definition) is 5. The number of ketones is 1. The molecule has 2 rings (SSSR count). The Morgan fingerprint density at radius 2 is 2.00 bits per heavy atom. The number of rotatable bonds is 4. The minimum absolute atomic E-state index is 0.0946. The third-order valence-electron chi connectivity index (χ3n) is 2.57. The number of Topliss-reactive ketones (excluding diaryl/α,β-unsaturated/α-hetero) is 1. The van der Waals surface area contributed by atoms with Gasteiger partial charge in [0.15, 0.2) is 5.78 Å². The molecule has 0 N–H and O–H groups in total. The molecule has 0 amide bonds. The van der Waals surface area contributed by atoms with Crippen molar-refractivity contribution in [2.45, 2.75) is 6.54 Å². The molecule has 0 atom stereocenters. The number of aromatic nitrogens is 2. The van der Waals surface area contributed by atoms with Gasteiger partial charge < -0.3 is 0 Å². The van der Waals surface area contributed by atoms with Crippen LogP contribution < -0.4 is 5.56 Å². The van der Waals surface area contributed by atoms with Gasteiger partial charge in [-0.15, -0.1) is 0 Å². The van der Waals surface area contributed by atoms with Gasteiger partial charge in [0.25, 0.3) is 11.2 Å². The highest BCUT2D eigenvalue weighted by Gasteiger charge is 2.11. The van der Waals surface area contributed by atoms with E-state index in [1.165, 1.54) is 36.8 Å². The first kappa shape index (κ1) is 14.1. The number of halogens is 1. The predicted molar refractivity (Wildman–Crippen MR) is 73.6 cm³/mol. The smallest absolute Gasteiger partial charge is 0.269 e. The standard InChI is InChI=1S/C12H8BrN3O4/c13-10-5-14-7-15(12(10)18)6-11(17)8-1-3-9(4-2-8)16(19)20/h1-5,7H,6H2. The number of carbonyl (C=O) groups excluding carboxylic acids is 1. The summed E-state index contributed by atoms with van der Waals surface area (Å²) in [5, 5.41) is 10.5. The quantitative estimate of drug-likeness (QED) is 0.481. The largest absolute Gasteiger partial charge is 0.292 e. The second kappa shape index (κ2) is 5.74. The van der Waals surface area contributed by atoms with Crippen molar-refractivity contribution in [3.63, 3.8) is 0 Å². The third kappa shape index (κ3) is 2.97. The van der Waals surface area contributed by atoms with Gasteiger partial charge >= 0.3 is 0 Å². The van der Waals surface area contributed by atoms with Gasteiger partial charge in [-0.25, -0.2) is 4.98 Å². The van der Waals surface area contributed by atoms with E-state index in [4.69, 9.17) is 0 Å². The molecule has 0 aliphatic rings. The number of nitro benzene ring substituents is 1. The molecule has 0 unspecified atom stereocenters. The van der Waals surface area contributed by atoms with Crippen LogP contribution in [0.4, 0.5) is 5.69 Å². The Morgan fingerprint density at radius 3 is 2.60 bits per heavy atom. The van der Waals surface area contributed by atoms with Gasteiger partial charge in [-0.05, 0) is 28.1 Å². The summed E-state index contributed by atoms with van der Waals surface area (Å²) >= 11 is 3.04. The zero-order valence-electron chi connectivity index (χ0n) is 10.0. The Bertz CT molecular complexity index is 724. The van der Waals surface area contributed by atoms with Gasteiger partial charge in [0.1, 0.15) is 4.47 Å². The van der Waals surface area contributed by atoms with E-state index in [0.29, 0.717) is 5.56 Å². The molecule has 20 heavy (non-hydrogen) atoms. The maximum absolute atomic E-state index is 12.0. The van der Waals surface area contributed by atoms with E-state index in [0.717, 1.165) is 4.57 Å². The first-order valence-electron chi connectivity index (χ1n) is 5.46. The Kier molecular flexibility index (Phi) is 4.04. The van der Waals surface area contributed by atoms with Gasteiger partial charge in [0, 0.05) is 23.9 Å². The van der Waals surface area contributed by atoms with Crippen molar-refractivity contribution in [2.24, 2.45) is 0 Å². The monoisotopic (exact) mass is 337 g/mol. The molecule has 0 spiro atoms. The summed E-state index contributed by atoms with van der Waals surface area (Å²) in [6.45, 7) is -0.177. The number of hydrogen-bond donors (Lipinski definition) is 0. The maximum atomic E-state index is 12.0. The zero-order valence-corrected chi connectivity index (χ0v) is 11.6. The van der Waals surface area contributed by atoms with Gasteiger partial charge in [0.2, 0.25) is 0 Å². The van der Waals surface area contributed by atoms with Crippen LogP contribution in [0.3, 0.4) is 0 Å². The fourth-order valence-electron chi connectivity index (χ4n) is 1.55. The molecular weight excluding hydrogens is 330 g/mol. The van der Waals surface area contributed by atoms with Crippen LogP contribution in [0.1, 0.15) is 10.4 Å². The first-order valence-corrected chi connectivity index (χ1v) is 6.26. The molecule has 7 nitrogen and oxygen atoms in total. The molecule has 0 radical (unpaired) electrons. The van der Waals surface area contributed by atoms with Crippen LogP contribution in [0, 0.1) is 10.1 Å². The van der Waals surface area contributed by atoms with E-state index in [-0.39, 0.29) is 28.0 Å². The average molecular weight is 338 g/mol. The molecular formula is C12H8BrN3O4. The van der Waals surface area contributed by atoms with Crippen molar-refractivity contribution < 1.29 is 9.72 Å². The Morgan fingerprint density at radius 1 is 1.35 bits per heavy atom. The third-order valence-corrected chi connectivity index (χ3v) is 3.12. The number of nitro groups is 1. The molecule has 1 aromatic heterocycles. The molecule has 2 aromatic rings. The Balaban J connectivity index is 2.22. The molecule has 8 heteroatoms. The molecule has 0 saturated heterocycles. The van der Waals surface area contributed by atoms with Crippen LogP contribution >= 0.6 is 15.9 Å². The van der Waals surface area contributed by atoms with Crippen LogP contribution in [-0.4, -0.2) is 20.3 Å². The topological polar surface area (TPSA) is 95.1 Å². The van der Waals surface area contributed by atoms with Crippen molar-refractivity contribution in [1.29, 1.82) is 0 Å². The molecule has 0 fully saturated rings. The van der Waals surface area contributed by atoms with E-state index in [1.54, 1.807) is 0 Å². The summed E-state index contributed by atoms with van der Waals surface area (Å²) in [7, 11) is 0. The van der Waals surface area contributed by atoms with Gasteiger partial charge in [-0.2, -0.15) is 0 Å². The highest BCUT2D eigenvalue weighted by Crippen LogP contribution is 2.12. The number of non-ortho nitro benzene ring substituents is 1.